The minimum absolute atomic E-state index is 0.0490. The molecule has 0 aromatic heterocycles. The lowest BCUT2D eigenvalue weighted by Crippen LogP contribution is -2.34. The summed E-state index contributed by atoms with van der Waals surface area (Å²) in [6, 6.07) is 13.9. The molecule has 7 heteroatoms. The molecule has 0 fully saturated rings. The van der Waals surface area contributed by atoms with Crippen LogP contribution in [-0.2, 0) is 0 Å². The molecule has 2 aromatic rings. The summed E-state index contributed by atoms with van der Waals surface area (Å²) in [6.45, 7) is 6.42. The highest BCUT2D eigenvalue weighted by atomic mass is 32.1. The second-order valence-corrected chi connectivity index (χ2v) is 6.81. The predicted octanol–water partition coefficient (Wildman–Crippen LogP) is 3.74. The van der Waals surface area contributed by atoms with E-state index in [4.69, 9.17) is 17.0 Å². The molecule has 6 nitrogen and oxygen atoms in total. The van der Waals surface area contributed by atoms with Gasteiger partial charge in [-0.25, -0.2) is 0 Å². The minimum Gasteiger partial charge on any atom is -0.490 e. The number of carbonyl (C=O) groups excluding carboxylic acids is 2. The molecule has 3 N–H and O–H groups in total. The summed E-state index contributed by atoms with van der Waals surface area (Å²) in [6.07, 6.45) is 0.831. The molecule has 0 saturated carbocycles. The maximum atomic E-state index is 12.5. The van der Waals surface area contributed by atoms with Crippen molar-refractivity contribution >= 4 is 34.8 Å². The Kier molecular flexibility index (Phi) is 7.95. The average molecular weight is 400 g/mol. The van der Waals surface area contributed by atoms with E-state index in [1.54, 1.807) is 42.5 Å². The molecule has 0 radical (unpaired) electrons. The highest BCUT2D eigenvalue weighted by molar-refractivity contribution is 7.80. The number of para-hydroxylation sites is 1. The van der Waals surface area contributed by atoms with E-state index in [-0.39, 0.29) is 23.0 Å². The SMILES string of the molecule is CCCNC(=O)c1ccc(NC(=S)NC(=O)c2ccccc2OC(C)C)cc1. The van der Waals surface area contributed by atoms with Gasteiger partial charge in [-0.3, -0.25) is 14.9 Å². The Morgan fingerprint density at radius 3 is 2.36 bits per heavy atom. The van der Waals surface area contributed by atoms with Crippen molar-refractivity contribution in [1.82, 2.24) is 10.6 Å². The van der Waals surface area contributed by atoms with Crippen LogP contribution in [0.4, 0.5) is 5.69 Å². The van der Waals surface area contributed by atoms with E-state index >= 15 is 0 Å². The van der Waals surface area contributed by atoms with E-state index in [9.17, 15) is 9.59 Å². The molecule has 0 aliphatic rings. The van der Waals surface area contributed by atoms with E-state index in [2.05, 4.69) is 16.0 Å². The third kappa shape index (κ3) is 6.35. The van der Waals surface area contributed by atoms with Crippen LogP contribution in [0.2, 0.25) is 0 Å². The first-order chi connectivity index (χ1) is 13.4. The largest absolute Gasteiger partial charge is 0.490 e. The molecular weight excluding hydrogens is 374 g/mol. The fraction of sp³-hybridized carbons (Fsp3) is 0.286. The third-order valence-corrected chi connectivity index (χ3v) is 3.87. The van der Waals surface area contributed by atoms with Gasteiger partial charge in [-0.1, -0.05) is 19.1 Å². The standard InChI is InChI=1S/C21H25N3O3S/c1-4-13-22-19(25)15-9-11-16(12-10-15)23-21(28)24-20(26)17-7-5-6-8-18(17)27-14(2)3/h5-12,14H,4,13H2,1-3H3,(H,22,25)(H2,23,24,26,28). The van der Waals surface area contributed by atoms with E-state index in [1.165, 1.54) is 0 Å². The van der Waals surface area contributed by atoms with Gasteiger partial charge in [0.05, 0.1) is 11.7 Å². The van der Waals surface area contributed by atoms with Gasteiger partial charge in [-0.05, 0) is 68.9 Å². The summed E-state index contributed by atoms with van der Waals surface area (Å²) in [7, 11) is 0. The summed E-state index contributed by atoms with van der Waals surface area (Å²) < 4.78 is 5.67. The van der Waals surface area contributed by atoms with Gasteiger partial charge in [0.15, 0.2) is 5.11 Å². The van der Waals surface area contributed by atoms with Crippen LogP contribution >= 0.6 is 12.2 Å². The molecule has 0 aliphatic carbocycles. The van der Waals surface area contributed by atoms with Gasteiger partial charge in [0.2, 0.25) is 0 Å². The molecule has 0 atom stereocenters. The summed E-state index contributed by atoms with van der Waals surface area (Å²) in [4.78, 5) is 24.4. The molecular formula is C21H25N3O3S. The van der Waals surface area contributed by atoms with Crippen molar-refractivity contribution in [3.8, 4) is 5.75 Å². The normalized spacial score (nSPS) is 10.3. The number of benzene rings is 2. The van der Waals surface area contributed by atoms with Gasteiger partial charge in [-0.15, -0.1) is 0 Å². The van der Waals surface area contributed by atoms with Crippen molar-refractivity contribution in [2.75, 3.05) is 11.9 Å². The molecule has 2 aromatic carbocycles. The third-order valence-electron chi connectivity index (χ3n) is 3.66. The maximum Gasteiger partial charge on any atom is 0.261 e. The summed E-state index contributed by atoms with van der Waals surface area (Å²) >= 11 is 5.22. The lowest BCUT2D eigenvalue weighted by molar-refractivity contribution is 0.0950. The average Bonchev–Trinajstić information content (AvgIpc) is 2.66. The second-order valence-electron chi connectivity index (χ2n) is 6.40. The first-order valence-electron chi connectivity index (χ1n) is 9.17. The molecule has 0 aliphatic heterocycles. The van der Waals surface area contributed by atoms with Crippen LogP contribution in [0.25, 0.3) is 0 Å². The topological polar surface area (TPSA) is 79.5 Å². The van der Waals surface area contributed by atoms with Crippen LogP contribution in [0, 0.1) is 0 Å². The molecule has 0 saturated heterocycles. The van der Waals surface area contributed by atoms with Crippen LogP contribution in [0.5, 0.6) is 5.75 Å². The van der Waals surface area contributed by atoms with Crippen molar-refractivity contribution in [2.45, 2.75) is 33.3 Å². The van der Waals surface area contributed by atoms with Gasteiger partial charge < -0.3 is 15.4 Å². The fourth-order valence-electron chi connectivity index (χ4n) is 2.39. The smallest absolute Gasteiger partial charge is 0.261 e. The first-order valence-corrected chi connectivity index (χ1v) is 9.57. The Labute approximate surface area is 170 Å². The Balaban J connectivity index is 1.97. The van der Waals surface area contributed by atoms with Crippen LogP contribution < -0.4 is 20.7 Å². The van der Waals surface area contributed by atoms with Crippen LogP contribution in [0.1, 0.15) is 47.9 Å². The Morgan fingerprint density at radius 2 is 1.71 bits per heavy atom. The van der Waals surface area contributed by atoms with Gasteiger partial charge in [0.1, 0.15) is 5.75 Å². The lowest BCUT2D eigenvalue weighted by Gasteiger charge is -2.15. The zero-order chi connectivity index (χ0) is 20.5. The number of anilines is 1. The van der Waals surface area contributed by atoms with E-state index in [1.807, 2.05) is 26.8 Å². The summed E-state index contributed by atoms with van der Waals surface area (Å²) in [5.74, 6) is 0.0237. The molecule has 0 bridgehead atoms. The molecule has 148 valence electrons. The Hall–Kier alpha value is -2.93. The van der Waals surface area contributed by atoms with Crippen molar-refractivity contribution in [1.29, 1.82) is 0 Å². The Bertz CT molecular complexity index is 835. The van der Waals surface area contributed by atoms with Crippen molar-refractivity contribution < 1.29 is 14.3 Å². The first kappa shape index (κ1) is 21.4. The van der Waals surface area contributed by atoms with E-state index in [0.29, 0.717) is 29.1 Å². The predicted molar refractivity (Wildman–Crippen MR) is 115 cm³/mol. The maximum absolute atomic E-state index is 12.5. The second kappa shape index (κ2) is 10.4. The highest BCUT2D eigenvalue weighted by Gasteiger charge is 2.14. The number of thiocarbonyl (C=S) groups is 1. The zero-order valence-electron chi connectivity index (χ0n) is 16.2. The molecule has 0 spiro atoms. The number of ether oxygens (including phenoxy) is 1. The van der Waals surface area contributed by atoms with Gasteiger partial charge in [0.25, 0.3) is 11.8 Å². The van der Waals surface area contributed by atoms with Crippen LogP contribution in [0.15, 0.2) is 48.5 Å². The minimum atomic E-state index is -0.357. The molecule has 0 unspecified atom stereocenters. The fourth-order valence-corrected chi connectivity index (χ4v) is 2.60. The van der Waals surface area contributed by atoms with Gasteiger partial charge >= 0.3 is 0 Å². The molecule has 28 heavy (non-hydrogen) atoms. The zero-order valence-corrected chi connectivity index (χ0v) is 17.1. The van der Waals surface area contributed by atoms with E-state index < -0.39 is 0 Å². The number of hydrogen-bond acceptors (Lipinski definition) is 4. The molecule has 2 amide bonds. The van der Waals surface area contributed by atoms with Crippen molar-refractivity contribution in [2.24, 2.45) is 0 Å². The van der Waals surface area contributed by atoms with Crippen LogP contribution in [0.3, 0.4) is 0 Å². The number of carbonyl (C=O) groups is 2. The Morgan fingerprint density at radius 1 is 1.04 bits per heavy atom. The van der Waals surface area contributed by atoms with E-state index in [0.717, 1.165) is 6.42 Å². The van der Waals surface area contributed by atoms with Crippen molar-refractivity contribution in [3.05, 3.63) is 59.7 Å². The van der Waals surface area contributed by atoms with Crippen LogP contribution in [-0.4, -0.2) is 29.6 Å². The van der Waals surface area contributed by atoms with Crippen molar-refractivity contribution in [3.63, 3.8) is 0 Å². The number of rotatable bonds is 7. The lowest BCUT2D eigenvalue weighted by atomic mass is 10.2. The number of nitrogens with one attached hydrogen (secondary N) is 3. The monoisotopic (exact) mass is 399 g/mol. The number of hydrogen-bond donors (Lipinski definition) is 3. The quantitative estimate of drug-likeness (QED) is 0.618. The highest BCUT2D eigenvalue weighted by Crippen LogP contribution is 2.19. The summed E-state index contributed by atoms with van der Waals surface area (Å²) in [5.41, 5.74) is 1.64. The molecule has 2 rings (SSSR count). The number of amides is 2. The van der Waals surface area contributed by atoms with Gasteiger partial charge in [-0.2, -0.15) is 0 Å². The van der Waals surface area contributed by atoms with Gasteiger partial charge in [0, 0.05) is 17.8 Å². The molecule has 0 heterocycles. The summed E-state index contributed by atoms with van der Waals surface area (Å²) in [5, 5.41) is 8.56.